The van der Waals surface area contributed by atoms with Crippen LogP contribution >= 0.6 is 12.4 Å². The summed E-state index contributed by atoms with van der Waals surface area (Å²) in [5, 5.41) is 2.79. The lowest BCUT2D eigenvalue weighted by Crippen LogP contribution is -2.28. The van der Waals surface area contributed by atoms with Crippen LogP contribution in [-0.4, -0.2) is 25.7 Å². The molecule has 5 heteroatoms. The fourth-order valence-corrected chi connectivity index (χ4v) is 1.32. The van der Waals surface area contributed by atoms with Crippen molar-refractivity contribution in [1.82, 2.24) is 0 Å². The summed E-state index contributed by atoms with van der Waals surface area (Å²) in [5.41, 5.74) is 7.40. The first kappa shape index (κ1) is 15.9. The fourth-order valence-electron chi connectivity index (χ4n) is 1.32. The Balaban J connectivity index is 0.00000256. The number of hydrogen-bond donors (Lipinski definition) is 2. The highest BCUT2D eigenvalue weighted by Gasteiger charge is 2.11. The predicted molar refractivity (Wildman–Crippen MR) is 71.5 cm³/mol. The van der Waals surface area contributed by atoms with Gasteiger partial charge in [0.1, 0.15) is 0 Å². The van der Waals surface area contributed by atoms with Crippen LogP contribution in [0.15, 0.2) is 24.3 Å². The number of benzene rings is 1. The molecule has 0 aromatic heterocycles. The third-order valence-corrected chi connectivity index (χ3v) is 2.34. The van der Waals surface area contributed by atoms with Crippen LogP contribution in [-0.2, 0) is 9.53 Å². The molecule has 0 radical (unpaired) electrons. The van der Waals surface area contributed by atoms with Crippen molar-refractivity contribution in [3.05, 3.63) is 29.8 Å². The Morgan fingerprint density at radius 3 is 2.47 bits per heavy atom. The minimum Gasteiger partial charge on any atom is -0.380 e. The largest absolute Gasteiger partial charge is 0.380 e. The van der Waals surface area contributed by atoms with Gasteiger partial charge in [0, 0.05) is 19.3 Å². The molecule has 96 valence electrons. The Hall–Kier alpha value is -1.10. The van der Waals surface area contributed by atoms with Crippen LogP contribution in [0.25, 0.3) is 0 Å². The molecule has 17 heavy (non-hydrogen) atoms. The van der Waals surface area contributed by atoms with Gasteiger partial charge in [-0.05, 0) is 19.1 Å². The number of ether oxygens (including phenoxy) is 1. The van der Waals surface area contributed by atoms with Crippen molar-refractivity contribution in [3.63, 3.8) is 0 Å². The van der Waals surface area contributed by atoms with Gasteiger partial charge in [-0.1, -0.05) is 17.7 Å². The van der Waals surface area contributed by atoms with E-state index < -0.39 is 0 Å². The Morgan fingerprint density at radius 2 is 2.00 bits per heavy atom. The molecule has 1 aromatic rings. The maximum absolute atomic E-state index is 11.6. The Kier molecular flexibility index (Phi) is 7.54. The van der Waals surface area contributed by atoms with E-state index in [1.165, 1.54) is 0 Å². The molecule has 1 rings (SSSR count). The van der Waals surface area contributed by atoms with Gasteiger partial charge in [-0.15, -0.1) is 12.4 Å². The number of aryl methyl sites for hydroxylation is 1. The van der Waals surface area contributed by atoms with Gasteiger partial charge in [-0.3, -0.25) is 4.79 Å². The highest BCUT2D eigenvalue weighted by molar-refractivity contribution is 5.91. The predicted octanol–water partition coefficient (Wildman–Crippen LogP) is 1.72. The number of halogens is 1. The number of anilines is 1. The van der Waals surface area contributed by atoms with Gasteiger partial charge in [-0.25, -0.2) is 0 Å². The summed E-state index contributed by atoms with van der Waals surface area (Å²) in [4.78, 5) is 11.6. The van der Waals surface area contributed by atoms with E-state index in [0.717, 1.165) is 11.3 Å². The molecule has 0 saturated heterocycles. The number of carbonyl (C=O) groups is 1. The lowest BCUT2D eigenvalue weighted by Gasteiger charge is -2.12. The molecule has 1 unspecified atom stereocenters. The zero-order chi connectivity index (χ0) is 12.0. The molecular formula is C12H19ClN2O2. The molecule has 0 fully saturated rings. The molecular weight excluding hydrogens is 240 g/mol. The maximum atomic E-state index is 11.6. The summed E-state index contributed by atoms with van der Waals surface area (Å²) in [7, 11) is 1.55. The van der Waals surface area contributed by atoms with E-state index in [2.05, 4.69) is 5.32 Å². The molecule has 0 aliphatic carbocycles. The van der Waals surface area contributed by atoms with Crippen LogP contribution in [0.1, 0.15) is 12.0 Å². The molecule has 0 heterocycles. The normalized spacial score (nSPS) is 11.5. The molecule has 0 aliphatic rings. The quantitative estimate of drug-likeness (QED) is 0.845. The number of methoxy groups -OCH3 is 1. The van der Waals surface area contributed by atoms with Gasteiger partial charge in [0.15, 0.2) is 0 Å². The van der Waals surface area contributed by atoms with Crippen molar-refractivity contribution in [2.24, 2.45) is 5.73 Å². The Morgan fingerprint density at radius 1 is 1.41 bits per heavy atom. The van der Waals surface area contributed by atoms with Crippen molar-refractivity contribution in [2.45, 2.75) is 19.4 Å². The molecule has 0 aliphatic heterocycles. The molecule has 1 atom stereocenters. The van der Waals surface area contributed by atoms with Crippen LogP contribution in [0.4, 0.5) is 5.69 Å². The molecule has 3 N–H and O–H groups in total. The Labute approximate surface area is 108 Å². The lowest BCUT2D eigenvalue weighted by molar-refractivity contribution is -0.118. The van der Waals surface area contributed by atoms with Crippen molar-refractivity contribution in [3.8, 4) is 0 Å². The molecule has 0 spiro atoms. The van der Waals surface area contributed by atoms with Gasteiger partial charge in [0.05, 0.1) is 12.5 Å². The van der Waals surface area contributed by atoms with E-state index in [4.69, 9.17) is 10.5 Å². The first-order valence-corrected chi connectivity index (χ1v) is 5.25. The second kappa shape index (κ2) is 8.06. The molecule has 0 saturated carbocycles. The van der Waals surface area contributed by atoms with E-state index in [9.17, 15) is 4.79 Å². The summed E-state index contributed by atoms with van der Waals surface area (Å²) in [6, 6.07) is 7.65. The number of nitrogens with one attached hydrogen (secondary N) is 1. The zero-order valence-electron chi connectivity index (χ0n) is 10.1. The smallest absolute Gasteiger partial charge is 0.227 e. The maximum Gasteiger partial charge on any atom is 0.227 e. The van der Waals surface area contributed by atoms with Gasteiger partial charge in [0.2, 0.25) is 5.91 Å². The van der Waals surface area contributed by atoms with Crippen LogP contribution in [0.3, 0.4) is 0 Å². The van der Waals surface area contributed by atoms with Crippen molar-refractivity contribution in [2.75, 3.05) is 19.0 Å². The SMILES string of the molecule is COC(CN)CC(=O)Nc1ccc(C)cc1.Cl. The topological polar surface area (TPSA) is 64.3 Å². The summed E-state index contributed by atoms with van der Waals surface area (Å²) in [5.74, 6) is -0.0823. The van der Waals surface area contributed by atoms with E-state index >= 15 is 0 Å². The number of rotatable bonds is 5. The Bertz CT molecular complexity index is 337. The van der Waals surface area contributed by atoms with Crippen LogP contribution < -0.4 is 11.1 Å². The van der Waals surface area contributed by atoms with Gasteiger partial charge in [-0.2, -0.15) is 0 Å². The summed E-state index contributed by atoms with van der Waals surface area (Å²) < 4.78 is 5.04. The van der Waals surface area contributed by atoms with E-state index in [1.807, 2.05) is 31.2 Å². The number of hydrogen-bond acceptors (Lipinski definition) is 3. The standard InChI is InChI=1S/C12H18N2O2.ClH/c1-9-3-5-10(6-4-9)14-12(15)7-11(8-13)16-2;/h3-6,11H,7-8,13H2,1-2H3,(H,14,15);1H. The summed E-state index contributed by atoms with van der Waals surface area (Å²) in [6.07, 6.45) is 0.0615. The minimum absolute atomic E-state index is 0. The molecule has 4 nitrogen and oxygen atoms in total. The van der Waals surface area contributed by atoms with Crippen LogP contribution in [0.5, 0.6) is 0 Å². The number of nitrogens with two attached hydrogens (primary N) is 1. The highest BCUT2D eigenvalue weighted by atomic mass is 35.5. The third kappa shape index (κ3) is 5.68. The van der Waals surface area contributed by atoms with Crippen LogP contribution in [0.2, 0.25) is 0 Å². The van der Waals surface area contributed by atoms with Gasteiger partial charge < -0.3 is 15.8 Å². The van der Waals surface area contributed by atoms with Crippen LogP contribution in [0, 0.1) is 6.92 Å². The van der Waals surface area contributed by atoms with Crippen molar-refractivity contribution >= 4 is 24.0 Å². The van der Waals surface area contributed by atoms with Gasteiger partial charge >= 0.3 is 0 Å². The molecule has 0 bridgehead atoms. The lowest BCUT2D eigenvalue weighted by atomic mass is 10.2. The van der Waals surface area contributed by atoms with Crippen molar-refractivity contribution in [1.29, 1.82) is 0 Å². The van der Waals surface area contributed by atoms with E-state index in [-0.39, 0.29) is 30.8 Å². The minimum atomic E-state index is -0.217. The highest BCUT2D eigenvalue weighted by Crippen LogP contribution is 2.09. The van der Waals surface area contributed by atoms with Crippen molar-refractivity contribution < 1.29 is 9.53 Å². The van der Waals surface area contributed by atoms with Gasteiger partial charge in [0.25, 0.3) is 0 Å². The third-order valence-electron chi connectivity index (χ3n) is 2.34. The van der Waals surface area contributed by atoms with E-state index in [0.29, 0.717) is 6.54 Å². The first-order valence-electron chi connectivity index (χ1n) is 5.25. The summed E-state index contributed by atoms with van der Waals surface area (Å²) in [6.45, 7) is 2.35. The summed E-state index contributed by atoms with van der Waals surface area (Å²) >= 11 is 0. The number of amides is 1. The second-order valence-corrected chi connectivity index (χ2v) is 3.71. The second-order valence-electron chi connectivity index (χ2n) is 3.71. The van der Waals surface area contributed by atoms with E-state index in [1.54, 1.807) is 7.11 Å². The molecule has 1 aromatic carbocycles. The average Bonchev–Trinajstić information content (AvgIpc) is 2.29. The molecule has 1 amide bonds. The average molecular weight is 259 g/mol. The first-order chi connectivity index (χ1) is 7.65. The zero-order valence-corrected chi connectivity index (χ0v) is 10.9. The fraction of sp³-hybridized carbons (Fsp3) is 0.417. The monoisotopic (exact) mass is 258 g/mol. The number of carbonyl (C=O) groups excluding carboxylic acids is 1.